The third-order valence-electron chi connectivity index (χ3n) is 2.75. The van der Waals surface area contributed by atoms with Crippen LogP contribution in [0, 0.1) is 6.92 Å². The van der Waals surface area contributed by atoms with Crippen LogP contribution in [0.15, 0.2) is 12.4 Å². The predicted molar refractivity (Wildman–Crippen MR) is 71.6 cm³/mol. The van der Waals surface area contributed by atoms with Gasteiger partial charge in [0.15, 0.2) is 0 Å². The topological polar surface area (TPSA) is 75.2 Å². The largest absolute Gasteiger partial charge is 0.350 e. The molecule has 0 aliphatic rings. The van der Waals surface area contributed by atoms with Gasteiger partial charge in [-0.2, -0.15) is 0 Å². The molecular weight excluding hydrogens is 244 g/mol. The number of aromatic nitrogens is 2. The van der Waals surface area contributed by atoms with Crippen LogP contribution in [0.3, 0.4) is 0 Å². The number of aryl methyl sites for hydroxylation is 1. The van der Waals surface area contributed by atoms with Crippen molar-refractivity contribution in [1.82, 2.24) is 20.2 Å². The minimum atomic E-state index is -0.306. The quantitative estimate of drug-likeness (QED) is 0.823. The van der Waals surface area contributed by atoms with Crippen molar-refractivity contribution in [2.75, 3.05) is 19.6 Å². The van der Waals surface area contributed by atoms with E-state index in [2.05, 4.69) is 15.3 Å². The number of carbonyl (C=O) groups is 2. The van der Waals surface area contributed by atoms with Crippen molar-refractivity contribution >= 4 is 11.8 Å². The molecule has 1 N–H and O–H groups in total. The van der Waals surface area contributed by atoms with E-state index in [1.165, 1.54) is 12.4 Å². The minimum Gasteiger partial charge on any atom is -0.350 e. The number of nitrogens with zero attached hydrogens (tertiary/aromatic N) is 3. The smallest absolute Gasteiger partial charge is 0.271 e. The summed E-state index contributed by atoms with van der Waals surface area (Å²) in [5, 5.41) is 2.66. The zero-order valence-corrected chi connectivity index (χ0v) is 11.6. The van der Waals surface area contributed by atoms with E-state index >= 15 is 0 Å². The molecule has 0 aliphatic heterocycles. The van der Waals surface area contributed by atoms with Crippen molar-refractivity contribution < 1.29 is 9.59 Å². The molecule has 0 aromatic carbocycles. The second-order valence-electron chi connectivity index (χ2n) is 4.11. The summed E-state index contributed by atoms with van der Waals surface area (Å²) in [4.78, 5) is 33.1. The highest BCUT2D eigenvalue weighted by atomic mass is 16.2. The van der Waals surface area contributed by atoms with Crippen LogP contribution >= 0.6 is 0 Å². The van der Waals surface area contributed by atoms with Crippen LogP contribution in [0.4, 0.5) is 0 Å². The second-order valence-corrected chi connectivity index (χ2v) is 4.11. The van der Waals surface area contributed by atoms with Crippen molar-refractivity contribution in [2.45, 2.75) is 27.2 Å². The molecule has 0 saturated carbocycles. The van der Waals surface area contributed by atoms with Crippen LogP contribution in [0.2, 0.25) is 0 Å². The number of rotatable bonds is 6. The molecule has 6 nitrogen and oxygen atoms in total. The van der Waals surface area contributed by atoms with E-state index < -0.39 is 0 Å². The lowest BCUT2D eigenvalue weighted by atomic mass is 10.3. The lowest BCUT2D eigenvalue weighted by molar-refractivity contribution is -0.130. The van der Waals surface area contributed by atoms with E-state index in [0.717, 1.165) is 5.69 Å². The zero-order chi connectivity index (χ0) is 14.3. The molecule has 0 aliphatic carbocycles. The van der Waals surface area contributed by atoms with E-state index in [4.69, 9.17) is 0 Å². The molecule has 0 unspecified atom stereocenters. The Morgan fingerprint density at radius 3 is 2.42 bits per heavy atom. The van der Waals surface area contributed by atoms with Gasteiger partial charge < -0.3 is 10.2 Å². The van der Waals surface area contributed by atoms with Crippen LogP contribution < -0.4 is 5.32 Å². The molecule has 0 atom stereocenters. The van der Waals surface area contributed by atoms with Gasteiger partial charge >= 0.3 is 0 Å². The lowest BCUT2D eigenvalue weighted by Gasteiger charge is -2.18. The van der Waals surface area contributed by atoms with Gasteiger partial charge in [-0.25, -0.2) is 4.98 Å². The van der Waals surface area contributed by atoms with Gasteiger partial charge in [-0.15, -0.1) is 0 Å². The molecule has 19 heavy (non-hydrogen) atoms. The third kappa shape index (κ3) is 4.65. The molecule has 2 amide bonds. The fraction of sp³-hybridized carbons (Fsp3) is 0.538. The van der Waals surface area contributed by atoms with E-state index in [1.807, 2.05) is 13.8 Å². The summed E-state index contributed by atoms with van der Waals surface area (Å²) in [7, 11) is 0. The fourth-order valence-corrected chi connectivity index (χ4v) is 1.62. The van der Waals surface area contributed by atoms with E-state index in [1.54, 1.807) is 11.8 Å². The number of nitrogens with one attached hydrogen (secondary N) is 1. The lowest BCUT2D eigenvalue weighted by Crippen LogP contribution is -2.34. The molecule has 104 valence electrons. The normalized spacial score (nSPS) is 10.1. The standard InChI is InChI=1S/C13H20N4O2/c1-4-17(5-2)12(18)6-7-14-13(19)11-9-15-10(3)8-16-11/h8-9H,4-7H2,1-3H3,(H,14,19). The van der Waals surface area contributed by atoms with Gasteiger partial charge in [0.1, 0.15) is 5.69 Å². The average molecular weight is 264 g/mol. The van der Waals surface area contributed by atoms with Crippen molar-refractivity contribution in [3.05, 3.63) is 23.8 Å². The molecule has 1 rings (SSSR count). The summed E-state index contributed by atoms with van der Waals surface area (Å²) in [5.41, 5.74) is 1.02. The minimum absolute atomic E-state index is 0.0419. The van der Waals surface area contributed by atoms with Crippen molar-refractivity contribution in [1.29, 1.82) is 0 Å². The van der Waals surface area contributed by atoms with Gasteiger partial charge in [0.25, 0.3) is 5.91 Å². The van der Waals surface area contributed by atoms with Crippen LogP contribution in [-0.2, 0) is 4.79 Å². The molecule has 1 aromatic heterocycles. The fourth-order valence-electron chi connectivity index (χ4n) is 1.62. The molecule has 1 heterocycles. The first-order chi connectivity index (χ1) is 9.08. The molecule has 6 heteroatoms. The molecule has 0 radical (unpaired) electrons. The van der Waals surface area contributed by atoms with Crippen molar-refractivity contribution in [2.24, 2.45) is 0 Å². The summed E-state index contributed by atoms with van der Waals surface area (Å²) in [6.45, 7) is 7.35. The molecular formula is C13H20N4O2. The first kappa shape index (κ1) is 15.1. The summed E-state index contributed by atoms with van der Waals surface area (Å²) in [6.07, 6.45) is 3.26. The summed E-state index contributed by atoms with van der Waals surface area (Å²) in [5.74, 6) is -0.264. The van der Waals surface area contributed by atoms with Gasteiger partial charge in [0, 0.05) is 32.3 Å². The Bertz CT molecular complexity index is 427. The summed E-state index contributed by atoms with van der Waals surface area (Å²) in [6, 6.07) is 0. The molecule has 0 fully saturated rings. The molecule has 1 aromatic rings. The average Bonchev–Trinajstić information content (AvgIpc) is 2.40. The van der Waals surface area contributed by atoms with Gasteiger partial charge in [-0.05, 0) is 20.8 Å². The van der Waals surface area contributed by atoms with Crippen LogP contribution in [0.25, 0.3) is 0 Å². The third-order valence-corrected chi connectivity index (χ3v) is 2.75. The van der Waals surface area contributed by atoms with Crippen LogP contribution in [0.1, 0.15) is 36.5 Å². The Balaban J connectivity index is 2.39. The Labute approximate surface area is 113 Å². The highest BCUT2D eigenvalue weighted by Gasteiger charge is 2.11. The number of hydrogen-bond donors (Lipinski definition) is 1. The zero-order valence-electron chi connectivity index (χ0n) is 11.6. The molecule has 0 spiro atoms. The SMILES string of the molecule is CCN(CC)C(=O)CCNC(=O)c1cnc(C)cn1. The number of hydrogen-bond acceptors (Lipinski definition) is 4. The van der Waals surface area contributed by atoms with Gasteiger partial charge in [-0.3, -0.25) is 14.6 Å². The maximum Gasteiger partial charge on any atom is 0.271 e. The Morgan fingerprint density at radius 2 is 1.89 bits per heavy atom. The Hall–Kier alpha value is -1.98. The predicted octanol–water partition coefficient (Wildman–Crippen LogP) is 0.773. The second kappa shape index (κ2) is 7.45. The van der Waals surface area contributed by atoms with Crippen molar-refractivity contribution in [3.63, 3.8) is 0 Å². The van der Waals surface area contributed by atoms with Crippen LogP contribution in [0.5, 0.6) is 0 Å². The number of carbonyl (C=O) groups excluding carboxylic acids is 2. The van der Waals surface area contributed by atoms with Gasteiger partial charge in [0.05, 0.1) is 11.9 Å². The molecule has 0 saturated heterocycles. The number of amides is 2. The highest BCUT2D eigenvalue weighted by Crippen LogP contribution is 1.96. The van der Waals surface area contributed by atoms with E-state index in [-0.39, 0.29) is 17.5 Å². The Kier molecular flexibility index (Phi) is 5.92. The van der Waals surface area contributed by atoms with Gasteiger partial charge in [-0.1, -0.05) is 0 Å². The highest BCUT2D eigenvalue weighted by molar-refractivity contribution is 5.92. The van der Waals surface area contributed by atoms with Crippen LogP contribution in [-0.4, -0.2) is 46.3 Å². The molecule has 0 bridgehead atoms. The maximum atomic E-state index is 11.7. The summed E-state index contributed by atoms with van der Waals surface area (Å²) >= 11 is 0. The monoisotopic (exact) mass is 264 g/mol. The van der Waals surface area contributed by atoms with Crippen molar-refractivity contribution in [3.8, 4) is 0 Å². The first-order valence-electron chi connectivity index (χ1n) is 6.43. The maximum absolute atomic E-state index is 11.7. The first-order valence-corrected chi connectivity index (χ1v) is 6.43. The summed E-state index contributed by atoms with van der Waals surface area (Å²) < 4.78 is 0. The van der Waals surface area contributed by atoms with Gasteiger partial charge in [0.2, 0.25) is 5.91 Å². The van der Waals surface area contributed by atoms with E-state index in [0.29, 0.717) is 26.1 Å². The Morgan fingerprint density at radius 1 is 1.21 bits per heavy atom. The van der Waals surface area contributed by atoms with E-state index in [9.17, 15) is 9.59 Å².